The molecule has 4 rings (SSSR count). The number of amides is 1. The van der Waals surface area contributed by atoms with Crippen LogP contribution in [0.25, 0.3) is 5.76 Å². The second kappa shape index (κ2) is 10.7. The summed E-state index contributed by atoms with van der Waals surface area (Å²) in [6, 6.07) is 19.6. The van der Waals surface area contributed by atoms with Crippen molar-refractivity contribution in [3.8, 4) is 5.75 Å². The maximum absolute atomic E-state index is 14.8. The molecule has 1 saturated heterocycles. The van der Waals surface area contributed by atoms with Gasteiger partial charge < -0.3 is 19.6 Å². The maximum atomic E-state index is 14.8. The lowest BCUT2D eigenvalue weighted by Crippen LogP contribution is -2.35. The number of benzene rings is 3. The van der Waals surface area contributed by atoms with Crippen molar-refractivity contribution in [1.29, 1.82) is 0 Å². The number of hydrogen-bond acceptors (Lipinski definition) is 5. The average molecular weight is 489 g/mol. The third kappa shape index (κ3) is 5.31. The van der Waals surface area contributed by atoms with Gasteiger partial charge in [-0.25, -0.2) is 4.39 Å². The van der Waals surface area contributed by atoms with Crippen LogP contribution in [0.1, 0.15) is 28.3 Å². The molecule has 0 saturated carbocycles. The number of likely N-dealkylation sites (tertiary alicyclic amines) is 1. The van der Waals surface area contributed by atoms with Crippen LogP contribution in [0.4, 0.5) is 4.39 Å². The summed E-state index contributed by atoms with van der Waals surface area (Å²) in [5, 5.41) is 11.2. The summed E-state index contributed by atoms with van der Waals surface area (Å²) < 4.78 is 20.7. The van der Waals surface area contributed by atoms with Gasteiger partial charge >= 0.3 is 0 Å². The van der Waals surface area contributed by atoms with Gasteiger partial charge in [-0.15, -0.1) is 0 Å². The minimum atomic E-state index is -1.02. The van der Waals surface area contributed by atoms with E-state index in [0.29, 0.717) is 24.5 Å². The number of aryl methyl sites for hydroxylation is 1. The van der Waals surface area contributed by atoms with Crippen LogP contribution in [0.3, 0.4) is 0 Å². The normalized spacial score (nSPS) is 17.1. The molecule has 1 unspecified atom stereocenters. The summed E-state index contributed by atoms with van der Waals surface area (Å²) in [4.78, 5) is 29.2. The Labute approximate surface area is 210 Å². The van der Waals surface area contributed by atoms with Gasteiger partial charge in [0.2, 0.25) is 0 Å². The molecule has 1 aliphatic heterocycles. The smallest absolute Gasteiger partial charge is 0.295 e. The fraction of sp³-hybridized carbons (Fsp3) is 0.241. The number of likely N-dealkylation sites (N-methyl/N-ethyl adjacent to an activating group) is 1. The zero-order chi connectivity index (χ0) is 25.8. The van der Waals surface area contributed by atoms with Crippen LogP contribution in [0.2, 0.25) is 0 Å². The van der Waals surface area contributed by atoms with Crippen molar-refractivity contribution in [2.75, 3.05) is 27.2 Å². The van der Waals surface area contributed by atoms with Crippen molar-refractivity contribution in [3.05, 3.63) is 106 Å². The van der Waals surface area contributed by atoms with Crippen molar-refractivity contribution in [1.82, 2.24) is 9.80 Å². The minimum Gasteiger partial charge on any atom is -0.507 e. The van der Waals surface area contributed by atoms with Crippen LogP contribution in [0, 0.1) is 12.7 Å². The van der Waals surface area contributed by atoms with Crippen LogP contribution < -0.4 is 4.74 Å². The molecule has 1 atom stereocenters. The topological polar surface area (TPSA) is 70.1 Å². The quantitative estimate of drug-likeness (QED) is 0.283. The lowest BCUT2D eigenvalue weighted by Gasteiger charge is -2.26. The molecule has 6 nitrogen and oxygen atoms in total. The number of rotatable bonds is 8. The van der Waals surface area contributed by atoms with E-state index in [0.717, 1.165) is 11.1 Å². The number of hydrogen-bond donors (Lipinski definition) is 1. The Bertz CT molecular complexity index is 1300. The van der Waals surface area contributed by atoms with Gasteiger partial charge in [0.1, 0.15) is 23.9 Å². The lowest BCUT2D eigenvalue weighted by molar-refractivity contribution is -0.140. The SMILES string of the molecule is Cc1cccc(COc2ccc(/C(O)=C3\C(=O)C(=O)N(CCN(C)C)C3c3ccccc3F)cc2)c1. The molecule has 1 heterocycles. The first-order chi connectivity index (χ1) is 17.3. The molecule has 0 bridgehead atoms. The molecule has 1 N–H and O–H groups in total. The fourth-order valence-electron chi connectivity index (χ4n) is 4.27. The van der Waals surface area contributed by atoms with Crippen molar-refractivity contribution in [2.24, 2.45) is 0 Å². The molecule has 0 radical (unpaired) electrons. The molecule has 0 aliphatic carbocycles. The van der Waals surface area contributed by atoms with Crippen molar-refractivity contribution in [2.45, 2.75) is 19.6 Å². The minimum absolute atomic E-state index is 0.128. The third-order valence-electron chi connectivity index (χ3n) is 6.14. The maximum Gasteiger partial charge on any atom is 0.295 e. The largest absolute Gasteiger partial charge is 0.507 e. The molecule has 0 spiro atoms. The molecule has 3 aromatic rings. The molecule has 7 heteroatoms. The van der Waals surface area contributed by atoms with E-state index in [1.54, 1.807) is 36.4 Å². The number of halogens is 1. The Hall–Kier alpha value is -3.97. The van der Waals surface area contributed by atoms with Crippen LogP contribution in [-0.4, -0.2) is 53.8 Å². The molecular formula is C29H29FN2O4. The van der Waals surface area contributed by atoms with E-state index >= 15 is 0 Å². The third-order valence-corrected chi connectivity index (χ3v) is 6.14. The summed E-state index contributed by atoms with van der Waals surface area (Å²) >= 11 is 0. The number of nitrogens with zero attached hydrogens (tertiary/aromatic N) is 2. The Morgan fingerprint density at radius 2 is 1.75 bits per heavy atom. The highest BCUT2D eigenvalue weighted by Crippen LogP contribution is 2.40. The molecule has 1 fully saturated rings. The van der Waals surface area contributed by atoms with Gasteiger partial charge in [0.15, 0.2) is 0 Å². The molecule has 36 heavy (non-hydrogen) atoms. The number of aliphatic hydroxyl groups is 1. The summed E-state index contributed by atoms with van der Waals surface area (Å²) in [5.74, 6) is -1.90. The van der Waals surface area contributed by atoms with Gasteiger partial charge in [-0.3, -0.25) is 9.59 Å². The second-order valence-electron chi connectivity index (χ2n) is 9.12. The van der Waals surface area contributed by atoms with E-state index in [1.165, 1.54) is 17.0 Å². The van der Waals surface area contributed by atoms with Gasteiger partial charge in [-0.05, 0) is 56.9 Å². The Balaban J connectivity index is 1.65. The van der Waals surface area contributed by atoms with Gasteiger partial charge in [-0.1, -0.05) is 48.0 Å². The monoisotopic (exact) mass is 488 g/mol. The van der Waals surface area contributed by atoms with E-state index in [9.17, 15) is 19.1 Å². The average Bonchev–Trinajstić information content (AvgIpc) is 3.11. The van der Waals surface area contributed by atoms with Gasteiger partial charge in [0.25, 0.3) is 11.7 Å². The number of ketones is 1. The first-order valence-electron chi connectivity index (χ1n) is 11.7. The Kier molecular flexibility index (Phi) is 7.50. The van der Waals surface area contributed by atoms with Gasteiger partial charge in [0, 0.05) is 24.2 Å². The van der Waals surface area contributed by atoms with Crippen molar-refractivity contribution >= 4 is 17.4 Å². The van der Waals surface area contributed by atoms with Crippen LogP contribution in [0.5, 0.6) is 5.75 Å². The highest BCUT2D eigenvalue weighted by atomic mass is 19.1. The fourth-order valence-corrected chi connectivity index (χ4v) is 4.27. The van der Waals surface area contributed by atoms with E-state index in [4.69, 9.17) is 4.74 Å². The first-order valence-corrected chi connectivity index (χ1v) is 11.7. The van der Waals surface area contributed by atoms with Crippen LogP contribution in [-0.2, 0) is 16.2 Å². The Morgan fingerprint density at radius 3 is 2.42 bits per heavy atom. The summed E-state index contributed by atoms with van der Waals surface area (Å²) in [5.41, 5.74) is 2.55. The predicted octanol–water partition coefficient (Wildman–Crippen LogP) is 4.70. The zero-order valence-corrected chi connectivity index (χ0v) is 20.6. The van der Waals surface area contributed by atoms with E-state index in [2.05, 4.69) is 0 Å². The number of carbonyl (C=O) groups excluding carboxylic acids is 2. The van der Waals surface area contributed by atoms with Crippen LogP contribution in [0.15, 0.2) is 78.4 Å². The summed E-state index contributed by atoms with van der Waals surface area (Å²) in [6.07, 6.45) is 0. The van der Waals surface area contributed by atoms with Crippen molar-refractivity contribution < 1.29 is 23.8 Å². The number of carbonyl (C=O) groups is 2. The molecule has 186 valence electrons. The number of ether oxygens (including phenoxy) is 1. The second-order valence-corrected chi connectivity index (χ2v) is 9.12. The van der Waals surface area contributed by atoms with E-state index in [1.807, 2.05) is 50.2 Å². The van der Waals surface area contributed by atoms with Crippen LogP contribution >= 0.6 is 0 Å². The molecule has 0 aromatic heterocycles. The van der Waals surface area contributed by atoms with Crippen molar-refractivity contribution in [3.63, 3.8) is 0 Å². The van der Waals surface area contributed by atoms with E-state index in [-0.39, 0.29) is 23.4 Å². The molecule has 1 amide bonds. The number of Topliss-reactive ketones (excluding diaryl/α,β-unsaturated/α-hetero) is 1. The zero-order valence-electron chi connectivity index (χ0n) is 20.6. The first kappa shape index (κ1) is 25.1. The summed E-state index contributed by atoms with van der Waals surface area (Å²) in [6.45, 7) is 3.08. The van der Waals surface area contributed by atoms with E-state index < -0.39 is 23.5 Å². The number of aliphatic hydroxyl groups excluding tert-OH is 1. The molecule has 3 aromatic carbocycles. The predicted molar refractivity (Wildman–Crippen MR) is 136 cm³/mol. The standard InChI is InChI=1S/C29H29FN2O4/c1-19-7-6-8-20(17-19)18-36-22-13-11-21(12-14-22)27(33)25-26(23-9-4-5-10-24(23)30)32(16-15-31(2)3)29(35)28(25)34/h4-14,17,26,33H,15-16,18H2,1-3H3/b27-25+. The highest BCUT2D eigenvalue weighted by Gasteiger charge is 2.46. The molecular weight excluding hydrogens is 459 g/mol. The Morgan fingerprint density at radius 1 is 1.03 bits per heavy atom. The highest BCUT2D eigenvalue weighted by molar-refractivity contribution is 6.46. The lowest BCUT2D eigenvalue weighted by atomic mass is 9.95. The van der Waals surface area contributed by atoms with Gasteiger partial charge in [0.05, 0.1) is 11.6 Å². The molecule has 1 aliphatic rings. The summed E-state index contributed by atoms with van der Waals surface area (Å²) in [7, 11) is 3.69. The van der Waals surface area contributed by atoms with Gasteiger partial charge in [-0.2, -0.15) is 0 Å².